The van der Waals surface area contributed by atoms with Crippen LogP contribution in [0.2, 0.25) is 0 Å². The zero-order valence-electron chi connectivity index (χ0n) is 23.0. The van der Waals surface area contributed by atoms with Gasteiger partial charge < -0.3 is 15.1 Å². The van der Waals surface area contributed by atoms with Gasteiger partial charge in [0.15, 0.2) is 0 Å². The number of nitrogens with one attached hydrogen (secondary N) is 1. The predicted molar refractivity (Wildman–Crippen MR) is 150 cm³/mol. The quantitative estimate of drug-likeness (QED) is 0.260. The molecule has 2 saturated heterocycles. The van der Waals surface area contributed by atoms with E-state index in [4.69, 9.17) is 5.10 Å². The van der Waals surface area contributed by atoms with Crippen molar-refractivity contribution in [3.63, 3.8) is 0 Å². The first-order valence-electron chi connectivity index (χ1n) is 14.0. The molecule has 1 N–H and O–H groups in total. The molecule has 1 saturated carbocycles. The highest BCUT2D eigenvalue weighted by Gasteiger charge is 2.39. The average Bonchev–Trinajstić information content (AvgIpc) is 3.49. The van der Waals surface area contributed by atoms with Crippen LogP contribution in [-0.4, -0.2) is 45.8 Å². The lowest BCUT2D eigenvalue weighted by Crippen LogP contribution is -2.38. The monoisotopic (exact) mass is 555 g/mol. The molecule has 2 aromatic rings. The van der Waals surface area contributed by atoms with E-state index in [1.54, 1.807) is 19.1 Å². The average molecular weight is 556 g/mol. The summed E-state index contributed by atoms with van der Waals surface area (Å²) < 4.78 is 56.9. The maximum Gasteiger partial charge on any atom is 0.416 e. The van der Waals surface area contributed by atoms with E-state index in [1.165, 1.54) is 23.9 Å². The lowest BCUT2D eigenvalue weighted by Gasteiger charge is -2.35. The van der Waals surface area contributed by atoms with Gasteiger partial charge >= 0.3 is 6.18 Å². The minimum absolute atomic E-state index is 0.196. The predicted octanol–water partition coefficient (Wildman–Crippen LogP) is 7.32. The molecule has 1 aliphatic carbocycles. The van der Waals surface area contributed by atoms with Gasteiger partial charge in [-0.3, -0.25) is 4.68 Å². The van der Waals surface area contributed by atoms with Crippen LogP contribution in [0.15, 0.2) is 73.6 Å². The lowest BCUT2D eigenvalue weighted by molar-refractivity contribution is -0.138. The first kappa shape index (κ1) is 28.1. The van der Waals surface area contributed by atoms with Crippen molar-refractivity contribution in [3.05, 3.63) is 96.0 Å². The summed E-state index contributed by atoms with van der Waals surface area (Å²) in [4.78, 5) is 4.25. The number of aromatic nitrogens is 2. The summed E-state index contributed by atoms with van der Waals surface area (Å²) >= 11 is 0. The molecule has 9 heteroatoms. The van der Waals surface area contributed by atoms with E-state index in [9.17, 15) is 17.6 Å². The van der Waals surface area contributed by atoms with Crippen LogP contribution in [-0.2, 0) is 6.18 Å². The highest BCUT2D eigenvalue weighted by Crippen LogP contribution is 2.46. The molecule has 40 heavy (non-hydrogen) atoms. The summed E-state index contributed by atoms with van der Waals surface area (Å²) in [5.74, 6) is 0.505. The number of halogens is 4. The van der Waals surface area contributed by atoms with Crippen molar-refractivity contribution < 1.29 is 17.6 Å². The van der Waals surface area contributed by atoms with Gasteiger partial charge in [0.1, 0.15) is 5.83 Å². The Bertz CT molecular complexity index is 1310. The smallest absolute Gasteiger partial charge is 0.371 e. The molecular formula is C31H37F4N5. The zero-order valence-corrected chi connectivity index (χ0v) is 23.0. The van der Waals surface area contributed by atoms with Crippen LogP contribution in [0.3, 0.4) is 0 Å². The third kappa shape index (κ3) is 5.69. The fourth-order valence-corrected chi connectivity index (χ4v) is 6.08. The van der Waals surface area contributed by atoms with E-state index in [0.29, 0.717) is 42.5 Å². The number of allylic oxidation sites excluding steroid dienone is 3. The number of alkyl halides is 3. The first-order chi connectivity index (χ1) is 19.1. The van der Waals surface area contributed by atoms with Crippen molar-refractivity contribution in [3.8, 4) is 0 Å². The van der Waals surface area contributed by atoms with E-state index < -0.39 is 17.6 Å². The molecule has 3 fully saturated rings. The summed E-state index contributed by atoms with van der Waals surface area (Å²) in [5.41, 5.74) is 3.28. The number of benzene rings is 1. The van der Waals surface area contributed by atoms with Gasteiger partial charge in [0.05, 0.1) is 29.3 Å². The molecule has 0 spiro atoms. The Balaban J connectivity index is 1.27. The number of hydrogen-bond donors (Lipinski definition) is 1. The second-order valence-electron chi connectivity index (χ2n) is 11.1. The summed E-state index contributed by atoms with van der Waals surface area (Å²) in [6, 6.07) is 6.15. The van der Waals surface area contributed by atoms with Crippen LogP contribution in [0, 0.1) is 0 Å². The van der Waals surface area contributed by atoms with Gasteiger partial charge in [0.25, 0.3) is 0 Å². The van der Waals surface area contributed by atoms with Gasteiger partial charge in [-0.2, -0.15) is 18.3 Å². The van der Waals surface area contributed by atoms with Gasteiger partial charge in [-0.05, 0) is 56.7 Å². The Morgan fingerprint density at radius 2 is 1.68 bits per heavy atom. The van der Waals surface area contributed by atoms with Crippen LogP contribution >= 0.6 is 0 Å². The number of hydrogen-bond acceptors (Lipinski definition) is 4. The molecule has 0 radical (unpaired) electrons. The largest absolute Gasteiger partial charge is 0.416 e. The van der Waals surface area contributed by atoms with Gasteiger partial charge in [-0.1, -0.05) is 37.9 Å². The third-order valence-corrected chi connectivity index (χ3v) is 8.45. The fraction of sp³-hybridized carbons (Fsp3) is 0.452. The maximum absolute atomic E-state index is 13.8. The molecule has 5 nitrogen and oxygen atoms in total. The summed E-state index contributed by atoms with van der Waals surface area (Å²) in [6.45, 7) is 16.3. The molecule has 5 rings (SSSR count). The zero-order chi connectivity index (χ0) is 28.6. The van der Waals surface area contributed by atoms with Crippen molar-refractivity contribution in [2.75, 3.05) is 26.2 Å². The molecule has 214 valence electrons. The molecular weight excluding hydrogens is 518 g/mol. The van der Waals surface area contributed by atoms with Gasteiger partial charge in [-0.25, -0.2) is 4.39 Å². The molecule has 0 unspecified atom stereocenters. The highest BCUT2D eigenvalue weighted by atomic mass is 19.4. The Morgan fingerprint density at radius 3 is 2.33 bits per heavy atom. The molecule has 1 atom stereocenters. The minimum Gasteiger partial charge on any atom is -0.371 e. The number of nitrogens with zero attached hydrogens (tertiary/aromatic N) is 4. The van der Waals surface area contributed by atoms with Crippen molar-refractivity contribution >= 4 is 5.70 Å². The standard InChI is InChI=1S/C31H37F4N5/c1-5-29(32)20(2)37-22(4)38-16-13-25(14-17-38)40-30(23-10-11-23)27(18-36-40)21(3)39-15-12-24(19-39)26-8-6-7-9-28(26)31(33,34)35/h5-9,18,23-25,37H,1,3-4,10-17,19H2,2H3/b29-20-/t24-/m1/s1. The van der Waals surface area contributed by atoms with E-state index >= 15 is 0 Å². The number of likely N-dealkylation sites (tertiary alicyclic amines) is 2. The Labute approximate surface area is 233 Å². The van der Waals surface area contributed by atoms with Gasteiger partial charge in [0.2, 0.25) is 0 Å². The molecule has 0 amide bonds. The van der Waals surface area contributed by atoms with Crippen LogP contribution in [0.25, 0.3) is 5.70 Å². The Kier molecular flexibility index (Phi) is 7.84. The first-order valence-corrected chi connectivity index (χ1v) is 14.0. The van der Waals surface area contributed by atoms with Crippen LogP contribution in [0.5, 0.6) is 0 Å². The molecule has 0 bridgehead atoms. The molecule has 1 aromatic heterocycles. The molecule has 2 aliphatic heterocycles. The summed E-state index contributed by atoms with van der Waals surface area (Å²) in [6.07, 6.45) is 3.32. The van der Waals surface area contributed by atoms with E-state index in [0.717, 1.165) is 50.0 Å². The number of rotatable bonds is 9. The maximum atomic E-state index is 13.8. The molecule has 3 aliphatic rings. The van der Waals surface area contributed by atoms with Crippen molar-refractivity contribution in [1.29, 1.82) is 0 Å². The van der Waals surface area contributed by atoms with Crippen LogP contribution in [0.1, 0.15) is 79.3 Å². The lowest BCUT2D eigenvalue weighted by atomic mass is 9.93. The van der Waals surface area contributed by atoms with E-state index in [-0.39, 0.29) is 12.0 Å². The summed E-state index contributed by atoms with van der Waals surface area (Å²) in [7, 11) is 0. The van der Waals surface area contributed by atoms with Crippen molar-refractivity contribution in [1.82, 2.24) is 24.9 Å². The SMILES string of the molecule is C=C/C(F)=C(\C)NC(=C)N1CCC(n2ncc(C(=C)N3CC[C@@H](c4ccccc4C(F)(F)F)C3)c2C2CC2)CC1. The van der Waals surface area contributed by atoms with Crippen LogP contribution in [0.4, 0.5) is 17.6 Å². The third-order valence-electron chi connectivity index (χ3n) is 8.45. The van der Waals surface area contributed by atoms with Crippen molar-refractivity contribution in [2.45, 2.75) is 63.1 Å². The fourth-order valence-electron chi connectivity index (χ4n) is 6.08. The molecule has 1 aromatic carbocycles. The summed E-state index contributed by atoms with van der Waals surface area (Å²) in [5, 5.41) is 7.86. The number of piperidine rings is 1. The van der Waals surface area contributed by atoms with Gasteiger partial charge in [-0.15, -0.1) is 0 Å². The second kappa shape index (κ2) is 11.2. The van der Waals surface area contributed by atoms with E-state index in [2.05, 4.69) is 39.5 Å². The van der Waals surface area contributed by atoms with Crippen molar-refractivity contribution in [2.24, 2.45) is 0 Å². The molecule has 3 heterocycles. The minimum atomic E-state index is -4.36. The second-order valence-corrected chi connectivity index (χ2v) is 11.1. The van der Waals surface area contributed by atoms with E-state index in [1.807, 2.05) is 6.20 Å². The Morgan fingerprint density at radius 1 is 1.00 bits per heavy atom. The highest BCUT2D eigenvalue weighted by molar-refractivity contribution is 5.65. The van der Waals surface area contributed by atoms with Gasteiger partial charge in [0, 0.05) is 55.0 Å². The topological polar surface area (TPSA) is 36.3 Å². The normalized spacial score (nSPS) is 20.9. The van der Waals surface area contributed by atoms with Crippen LogP contribution < -0.4 is 5.32 Å². The Hall–Kier alpha value is -3.49.